The van der Waals surface area contributed by atoms with Crippen molar-refractivity contribution in [1.82, 2.24) is 4.90 Å². The Balaban J connectivity index is 2.13. The monoisotopic (exact) mass is 235 g/mol. The van der Waals surface area contributed by atoms with Crippen molar-refractivity contribution >= 4 is 11.4 Å². The molecule has 1 saturated heterocycles. The number of hydrogen-bond acceptors (Lipinski definition) is 4. The van der Waals surface area contributed by atoms with E-state index in [0.29, 0.717) is 11.7 Å². The van der Waals surface area contributed by atoms with E-state index in [-0.39, 0.29) is 0 Å². The molecule has 0 aliphatic carbocycles. The number of hydrogen-bond donors (Lipinski definition) is 1. The van der Waals surface area contributed by atoms with Gasteiger partial charge in [-0.25, -0.2) is 0 Å². The summed E-state index contributed by atoms with van der Waals surface area (Å²) < 4.78 is 5.26. The Morgan fingerprint density at radius 1 is 1.41 bits per heavy atom. The van der Waals surface area contributed by atoms with Crippen LogP contribution in [0.15, 0.2) is 18.2 Å². The number of methoxy groups -OCH3 is 1. The van der Waals surface area contributed by atoms with Crippen LogP contribution in [-0.2, 0) is 0 Å². The molecule has 4 nitrogen and oxygen atoms in total. The Kier molecular flexibility index (Phi) is 3.43. The highest BCUT2D eigenvalue weighted by atomic mass is 16.5. The zero-order chi connectivity index (χ0) is 12.4. The van der Waals surface area contributed by atoms with E-state index < -0.39 is 0 Å². The van der Waals surface area contributed by atoms with Gasteiger partial charge in [-0.1, -0.05) is 0 Å². The molecule has 0 unspecified atom stereocenters. The third-order valence-electron chi connectivity index (χ3n) is 3.48. The van der Waals surface area contributed by atoms with E-state index in [0.717, 1.165) is 18.8 Å². The van der Waals surface area contributed by atoms with E-state index in [4.69, 9.17) is 10.5 Å². The minimum absolute atomic E-state index is 0.638. The van der Waals surface area contributed by atoms with Gasteiger partial charge in [-0.15, -0.1) is 0 Å². The first-order valence-corrected chi connectivity index (χ1v) is 5.96. The minimum atomic E-state index is 0.638. The summed E-state index contributed by atoms with van der Waals surface area (Å²) in [5.41, 5.74) is 7.71. The molecule has 2 rings (SSSR count). The molecule has 1 aromatic carbocycles. The SMILES string of the molecule is COc1cc(N2CC[C@H](N(C)C)C2)ccc1N. The van der Waals surface area contributed by atoms with Gasteiger partial charge in [0.05, 0.1) is 12.8 Å². The molecule has 1 aliphatic rings. The van der Waals surface area contributed by atoms with Crippen LogP contribution in [0.3, 0.4) is 0 Å². The number of nitrogens with two attached hydrogens (primary N) is 1. The van der Waals surface area contributed by atoms with Crippen molar-refractivity contribution in [2.45, 2.75) is 12.5 Å². The zero-order valence-electron chi connectivity index (χ0n) is 10.8. The van der Waals surface area contributed by atoms with Crippen molar-refractivity contribution in [3.8, 4) is 5.75 Å². The predicted octanol–water partition coefficient (Wildman–Crippen LogP) is 1.42. The lowest BCUT2D eigenvalue weighted by Crippen LogP contribution is -2.31. The molecule has 0 radical (unpaired) electrons. The van der Waals surface area contributed by atoms with Crippen molar-refractivity contribution in [2.24, 2.45) is 0 Å². The lowest BCUT2D eigenvalue weighted by molar-refractivity contribution is 0.315. The second-order valence-electron chi connectivity index (χ2n) is 4.78. The standard InChI is InChI=1S/C13H21N3O/c1-15(2)11-6-7-16(9-11)10-4-5-12(14)13(8-10)17-3/h4-5,8,11H,6-7,9,14H2,1-3H3/t11-/m0/s1. The van der Waals surface area contributed by atoms with Crippen molar-refractivity contribution in [2.75, 3.05) is 44.9 Å². The molecule has 94 valence electrons. The van der Waals surface area contributed by atoms with Gasteiger partial charge in [-0.05, 0) is 32.6 Å². The average Bonchev–Trinajstić information content (AvgIpc) is 2.79. The molecule has 1 aromatic rings. The van der Waals surface area contributed by atoms with Crippen molar-refractivity contribution < 1.29 is 4.74 Å². The second kappa shape index (κ2) is 4.84. The Labute approximate surface area is 103 Å². The van der Waals surface area contributed by atoms with Gasteiger partial charge in [-0.2, -0.15) is 0 Å². The zero-order valence-corrected chi connectivity index (χ0v) is 10.8. The van der Waals surface area contributed by atoms with Gasteiger partial charge in [0.15, 0.2) is 0 Å². The first-order chi connectivity index (χ1) is 8.11. The molecule has 0 amide bonds. The van der Waals surface area contributed by atoms with E-state index in [1.165, 1.54) is 12.1 Å². The van der Waals surface area contributed by atoms with E-state index in [2.05, 4.69) is 30.0 Å². The van der Waals surface area contributed by atoms with Crippen molar-refractivity contribution in [3.05, 3.63) is 18.2 Å². The maximum atomic E-state index is 5.82. The van der Waals surface area contributed by atoms with E-state index in [1.807, 2.05) is 12.1 Å². The van der Waals surface area contributed by atoms with Crippen molar-refractivity contribution in [1.29, 1.82) is 0 Å². The predicted molar refractivity (Wildman–Crippen MR) is 71.7 cm³/mol. The van der Waals surface area contributed by atoms with Gasteiger partial charge in [0.2, 0.25) is 0 Å². The summed E-state index contributed by atoms with van der Waals surface area (Å²) in [6.45, 7) is 2.16. The topological polar surface area (TPSA) is 41.7 Å². The molecule has 4 heteroatoms. The summed E-state index contributed by atoms with van der Waals surface area (Å²) in [5.74, 6) is 0.760. The molecule has 0 spiro atoms. The van der Waals surface area contributed by atoms with Gasteiger partial charge >= 0.3 is 0 Å². The van der Waals surface area contributed by atoms with E-state index >= 15 is 0 Å². The summed E-state index contributed by atoms with van der Waals surface area (Å²) in [5, 5.41) is 0. The summed E-state index contributed by atoms with van der Waals surface area (Å²) in [7, 11) is 5.93. The van der Waals surface area contributed by atoms with Crippen LogP contribution in [0.1, 0.15) is 6.42 Å². The van der Waals surface area contributed by atoms with Crippen LogP contribution in [-0.4, -0.2) is 45.2 Å². The molecular formula is C13H21N3O. The Bertz CT molecular complexity index is 392. The number of anilines is 2. The molecule has 0 saturated carbocycles. The Morgan fingerprint density at radius 3 is 2.76 bits per heavy atom. The van der Waals surface area contributed by atoms with E-state index in [9.17, 15) is 0 Å². The normalized spacial score (nSPS) is 20.0. The maximum absolute atomic E-state index is 5.82. The third-order valence-corrected chi connectivity index (χ3v) is 3.48. The van der Waals surface area contributed by atoms with Crippen LogP contribution in [0, 0.1) is 0 Å². The number of nitrogen functional groups attached to an aromatic ring is 1. The molecule has 1 aliphatic heterocycles. The largest absolute Gasteiger partial charge is 0.495 e. The van der Waals surface area contributed by atoms with Gasteiger partial charge in [0.1, 0.15) is 5.75 Å². The average molecular weight is 235 g/mol. The molecule has 17 heavy (non-hydrogen) atoms. The molecule has 1 fully saturated rings. The lowest BCUT2D eigenvalue weighted by Gasteiger charge is -2.22. The molecule has 1 atom stereocenters. The van der Waals surface area contributed by atoms with Gasteiger partial charge in [0.25, 0.3) is 0 Å². The number of ether oxygens (including phenoxy) is 1. The number of benzene rings is 1. The molecular weight excluding hydrogens is 214 g/mol. The van der Waals surface area contributed by atoms with Crippen LogP contribution >= 0.6 is 0 Å². The highest BCUT2D eigenvalue weighted by molar-refractivity contribution is 5.62. The highest BCUT2D eigenvalue weighted by Gasteiger charge is 2.24. The minimum Gasteiger partial charge on any atom is -0.495 e. The fraction of sp³-hybridized carbons (Fsp3) is 0.538. The first-order valence-electron chi connectivity index (χ1n) is 5.96. The van der Waals surface area contributed by atoms with Crippen LogP contribution in [0.5, 0.6) is 5.75 Å². The quantitative estimate of drug-likeness (QED) is 0.805. The van der Waals surface area contributed by atoms with Crippen LogP contribution in [0.25, 0.3) is 0 Å². The fourth-order valence-corrected chi connectivity index (χ4v) is 2.29. The van der Waals surface area contributed by atoms with Gasteiger partial charge in [0, 0.05) is 30.9 Å². The number of rotatable bonds is 3. The number of likely N-dealkylation sites (N-methyl/N-ethyl adjacent to an activating group) is 1. The molecule has 2 N–H and O–H groups in total. The third kappa shape index (κ3) is 2.47. The smallest absolute Gasteiger partial charge is 0.143 e. The number of nitrogens with zero attached hydrogens (tertiary/aromatic N) is 2. The fourth-order valence-electron chi connectivity index (χ4n) is 2.29. The molecule has 0 bridgehead atoms. The lowest BCUT2D eigenvalue weighted by atomic mass is 10.2. The van der Waals surface area contributed by atoms with Crippen LogP contribution in [0.2, 0.25) is 0 Å². The van der Waals surface area contributed by atoms with Crippen LogP contribution < -0.4 is 15.4 Å². The highest BCUT2D eigenvalue weighted by Crippen LogP contribution is 2.29. The Morgan fingerprint density at radius 2 is 2.18 bits per heavy atom. The van der Waals surface area contributed by atoms with Crippen LogP contribution in [0.4, 0.5) is 11.4 Å². The van der Waals surface area contributed by atoms with Crippen molar-refractivity contribution in [3.63, 3.8) is 0 Å². The van der Waals surface area contributed by atoms with Gasteiger partial charge in [-0.3, -0.25) is 0 Å². The molecule has 1 heterocycles. The molecule has 0 aromatic heterocycles. The maximum Gasteiger partial charge on any atom is 0.143 e. The Hall–Kier alpha value is -1.42. The summed E-state index contributed by atoms with van der Waals surface area (Å²) >= 11 is 0. The first kappa shape index (κ1) is 12.0. The van der Waals surface area contributed by atoms with Gasteiger partial charge < -0.3 is 20.3 Å². The van der Waals surface area contributed by atoms with E-state index in [1.54, 1.807) is 7.11 Å². The summed E-state index contributed by atoms with van der Waals surface area (Å²) in [6.07, 6.45) is 1.21. The summed E-state index contributed by atoms with van der Waals surface area (Å²) in [6, 6.07) is 6.64. The summed E-state index contributed by atoms with van der Waals surface area (Å²) in [4.78, 5) is 4.67. The second-order valence-corrected chi connectivity index (χ2v) is 4.78.